The topological polar surface area (TPSA) is 41.9 Å². The summed E-state index contributed by atoms with van der Waals surface area (Å²) in [6.07, 6.45) is -5.14. The van der Waals surface area contributed by atoms with Crippen molar-refractivity contribution in [3.8, 4) is 17.2 Å². The minimum Gasteiger partial charge on any atom is -0.508 e. The molecule has 3 aromatic carbocycles. The number of fused-ring (bicyclic) bond motifs is 1. The van der Waals surface area contributed by atoms with E-state index in [1.165, 1.54) is 12.1 Å². The van der Waals surface area contributed by atoms with Gasteiger partial charge in [-0.2, -0.15) is 13.2 Å². The highest BCUT2D eigenvalue weighted by atomic mass is 19.4. The van der Waals surface area contributed by atoms with E-state index < -0.39 is 17.8 Å². The van der Waals surface area contributed by atoms with Crippen LogP contribution >= 0.6 is 0 Å². The second-order valence-electron chi connectivity index (χ2n) is 9.49. The summed E-state index contributed by atoms with van der Waals surface area (Å²) in [7, 11) is 0. The van der Waals surface area contributed by atoms with Crippen molar-refractivity contribution in [2.24, 2.45) is 5.92 Å². The Balaban J connectivity index is 1.42. The summed E-state index contributed by atoms with van der Waals surface area (Å²) < 4.78 is 65.2. The molecular formula is C29H27F4NO3. The third-order valence-electron chi connectivity index (χ3n) is 6.89. The zero-order chi connectivity index (χ0) is 26.2. The van der Waals surface area contributed by atoms with Crippen LogP contribution in [0.2, 0.25) is 0 Å². The number of benzene rings is 3. The number of alkyl halides is 4. The number of allylic oxidation sites excluding steroid dienone is 1. The number of nitrogens with zero attached hydrogens (tertiary/aromatic N) is 1. The molecule has 5 rings (SSSR count). The lowest BCUT2D eigenvalue weighted by molar-refractivity contribution is -0.137. The summed E-state index contributed by atoms with van der Waals surface area (Å²) in [4.78, 5) is 2.14. The van der Waals surface area contributed by atoms with Gasteiger partial charge in [0, 0.05) is 36.7 Å². The predicted octanol–water partition coefficient (Wildman–Crippen LogP) is 6.76. The van der Waals surface area contributed by atoms with Gasteiger partial charge in [-0.3, -0.25) is 9.29 Å². The fourth-order valence-corrected chi connectivity index (χ4v) is 4.90. The molecule has 2 heterocycles. The van der Waals surface area contributed by atoms with E-state index in [9.17, 15) is 22.7 Å². The molecule has 1 N–H and O–H groups in total. The lowest BCUT2D eigenvalue weighted by atomic mass is 9.85. The van der Waals surface area contributed by atoms with E-state index >= 15 is 0 Å². The lowest BCUT2D eigenvalue weighted by Crippen LogP contribution is -2.49. The fourth-order valence-electron chi connectivity index (χ4n) is 4.90. The Morgan fingerprint density at radius 3 is 2.49 bits per heavy atom. The largest absolute Gasteiger partial charge is 0.508 e. The average molecular weight is 514 g/mol. The number of phenolic OH excluding ortho intramolecular Hbond substituents is 1. The summed E-state index contributed by atoms with van der Waals surface area (Å²) in [5.41, 5.74) is 2.36. The molecule has 2 aliphatic heterocycles. The van der Waals surface area contributed by atoms with Crippen LogP contribution in [0.3, 0.4) is 0 Å². The van der Waals surface area contributed by atoms with Crippen LogP contribution in [0.15, 0.2) is 66.7 Å². The van der Waals surface area contributed by atoms with Gasteiger partial charge >= 0.3 is 6.18 Å². The summed E-state index contributed by atoms with van der Waals surface area (Å²) >= 11 is 0. The molecule has 8 heteroatoms. The zero-order valence-electron chi connectivity index (χ0n) is 20.3. The van der Waals surface area contributed by atoms with E-state index in [0.29, 0.717) is 34.8 Å². The number of hydrogen-bond acceptors (Lipinski definition) is 4. The first-order chi connectivity index (χ1) is 17.7. The maximum atomic E-state index is 13.5. The van der Waals surface area contributed by atoms with Gasteiger partial charge in [0.25, 0.3) is 0 Å². The maximum absolute atomic E-state index is 13.5. The lowest BCUT2D eigenvalue weighted by Gasteiger charge is -2.37. The number of rotatable bonds is 7. The molecule has 194 valence electrons. The summed E-state index contributed by atoms with van der Waals surface area (Å²) in [5, 5.41) is 10.0. The molecule has 37 heavy (non-hydrogen) atoms. The Kier molecular flexibility index (Phi) is 6.86. The van der Waals surface area contributed by atoms with Crippen molar-refractivity contribution in [3.63, 3.8) is 0 Å². The van der Waals surface area contributed by atoms with Crippen molar-refractivity contribution in [2.75, 3.05) is 32.9 Å². The third-order valence-corrected chi connectivity index (χ3v) is 6.89. The summed E-state index contributed by atoms with van der Waals surface area (Å²) in [5.74, 6) is 1.38. The molecule has 3 aromatic rings. The first-order valence-corrected chi connectivity index (χ1v) is 12.1. The van der Waals surface area contributed by atoms with Crippen LogP contribution in [0, 0.1) is 5.92 Å². The summed E-state index contributed by atoms with van der Waals surface area (Å²) in [6, 6.07) is 17.2. The van der Waals surface area contributed by atoms with Gasteiger partial charge in [-0.15, -0.1) is 0 Å². The van der Waals surface area contributed by atoms with Crippen LogP contribution in [0.4, 0.5) is 17.6 Å². The molecule has 1 unspecified atom stereocenters. The van der Waals surface area contributed by atoms with Crippen molar-refractivity contribution >= 4 is 11.1 Å². The number of hydrogen-bond donors (Lipinski definition) is 1. The highest BCUT2D eigenvalue weighted by Gasteiger charge is 2.34. The molecule has 1 saturated heterocycles. The van der Waals surface area contributed by atoms with Gasteiger partial charge in [0.15, 0.2) is 0 Å². The molecule has 0 bridgehead atoms. The molecule has 0 amide bonds. The number of halogens is 4. The third kappa shape index (κ3) is 5.30. The van der Waals surface area contributed by atoms with Crippen LogP contribution in [0.25, 0.3) is 11.1 Å². The number of phenols is 1. The van der Waals surface area contributed by atoms with Crippen LogP contribution in [0.5, 0.6) is 17.2 Å². The Bertz CT molecular complexity index is 1300. The molecule has 0 aromatic heterocycles. The highest BCUT2D eigenvalue weighted by Crippen LogP contribution is 2.48. The van der Waals surface area contributed by atoms with Crippen LogP contribution in [-0.4, -0.2) is 42.9 Å². The van der Waals surface area contributed by atoms with E-state index in [1.54, 1.807) is 18.2 Å². The number of aromatic hydroxyl groups is 1. The first kappa shape index (κ1) is 25.1. The molecule has 4 nitrogen and oxygen atoms in total. The molecule has 0 aliphatic carbocycles. The van der Waals surface area contributed by atoms with Crippen molar-refractivity contribution in [2.45, 2.75) is 19.2 Å². The van der Waals surface area contributed by atoms with Gasteiger partial charge in [0.1, 0.15) is 30.0 Å². The minimum atomic E-state index is -4.48. The van der Waals surface area contributed by atoms with E-state index in [4.69, 9.17) is 9.47 Å². The van der Waals surface area contributed by atoms with Crippen LogP contribution < -0.4 is 9.47 Å². The van der Waals surface area contributed by atoms with Crippen LogP contribution in [-0.2, 0) is 6.18 Å². The Hall–Kier alpha value is -3.52. The van der Waals surface area contributed by atoms with Gasteiger partial charge in [0.2, 0.25) is 0 Å². The fraction of sp³-hybridized carbons (Fsp3) is 0.310. The smallest absolute Gasteiger partial charge is 0.416 e. The van der Waals surface area contributed by atoms with Gasteiger partial charge < -0.3 is 14.6 Å². The molecule has 0 spiro atoms. The first-order valence-electron chi connectivity index (χ1n) is 12.1. The molecule has 1 fully saturated rings. The highest BCUT2D eigenvalue weighted by molar-refractivity contribution is 5.95. The Morgan fingerprint density at radius 2 is 1.78 bits per heavy atom. The van der Waals surface area contributed by atoms with E-state index in [-0.39, 0.29) is 18.3 Å². The monoisotopic (exact) mass is 513 g/mol. The van der Waals surface area contributed by atoms with E-state index in [1.807, 2.05) is 31.2 Å². The summed E-state index contributed by atoms with van der Waals surface area (Å²) in [6.45, 7) is 4.23. The zero-order valence-corrected chi connectivity index (χ0v) is 20.3. The van der Waals surface area contributed by atoms with Crippen molar-refractivity contribution in [3.05, 3.63) is 89.0 Å². The quantitative estimate of drug-likeness (QED) is 0.355. The molecular weight excluding hydrogens is 486 g/mol. The second-order valence-corrected chi connectivity index (χ2v) is 9.49. The average Bonchev–Trinajstić information content (AvgIpc) is 2.85. The number of likely N-dealkylation sites (tertiary alicyclic amines) is 1. The van der Waals surface area contributed by atoms with Crippen LogP contribution in [0.1, 0.15) is 35.3 Å². The Labute approximate surface area is 212 Å². The SMILES string of the molecule is CC1=C(c2cccc(C(F)(F)F)c2)C(c2ccc(OCCN3CC(CF)C3)cc2)Oc2ccc(O)cc21. The molecule has 1 atom stereocenters. The van der Waals surface area contributed by atoms with Crippen molar-refractivity contribution in [1.29, 1.82) is 0 Å². The second kappa shape index (κ2) is 10.1. The molecule has 2 aliphatic rings. The molecule has 0 radical (unpaired) electrons. The van der Waals surface area contributed by atoms with Gasteiger partial charge in [-0.1, -0.05) is 24.3 Å². The Morgan fingerprint density at radius 1 is 1.03 bits per heavy atom. The normalized spacial score (nSPS) is 18.2. The van der Waals surface area contributed by atoms with Gasteiger partial charge in [-0.05, 0) is 66.1 Å². The van der Waals surface area contributed by atoms with Crippen molar-refractivity contribution in [1.82, 2.24) is 4.90 Å². The maximum Gasteiger partial charge on any atom is 0.416 e. The predicted molar refractivity (Wildman–Crippen MR) is 133 cm³/mol. The molecule has 0 saturated carbocycles. The number of ether oxygens (including phenoxy) is 2. The van der Waals surface area contributed by atoms with E-state index in [2.05, 4.69) is 4.90 Å². The van der Waals surface area contributed by atoms with E-state index in [0.717, 1.165) is 42.9 Å². The standard InChI is InChI=1S/C29H27F4NO3/c1-18-25-14-23(35)7-10-26(25)37-28(27(18)21-3-2-4-22(13-21)29(31,32)33)20-5-8-24(9-6-20)36-12-11-34-16-19(15-30)17-34/h2-10,13-14,19,28,35H,11-12,15-17H2,1H3. The van der Waals surface area contributed by atoms with Gasteiger partial charge in [0.05, 0.1) is 12.2 Å². The van der Waals surface area contributed by atoms with Gasteiger partial charge in [-0.25, -0.2) is 0 Å². The minimum absolute atomic E-state index is 0.0449. The van der Waals surface area contributed by atoms with Crippen molar-refractivity contribution < 1.29 is 32.1 Å².